The van der Waals surface area contributed by atoms with Crippen LogP contribution >= 0.6 is 0 Å². The molecule has 0 aliphatic heterocycles. The molecular formula is C20H24N4O2. The molecule has 0 spiro atoms. The highest BCUT2D eigenvalue weighted by molar-refractivity contribution is 5.80. The van der Waals surface area contributed by atoms with E-state index in [2.05, 4.69) is 39.9 Å². The molecule has 136 valence electrons. The topological polar surface area (TPSA) is 79.6 Å². The van der Waals surface area contributed by atoms with Gasteiger partial charge < -0.3 is 10.6 Å². The summed E-state index contributed by atoms with van der Waals surface area (Å²) in [5.74, 6) is 0.737. The molecule has 0 atom stereocenters. The van der Waals surface area contributed by atoms with Crippen LogP contribution in [-0.2, 0) is 12.0 Å². The van der Waals surface area contributed by atoms with E-state index in [1.165, 1.54) is 24.5 Å². The average molecular weight is 352 g/mol. The average Bonchev–Trinajstić information content (AvgIpc) is 3.46. The zero-order valence-electron chi connectivity index (χ0n) is 14.9. The van der Waals surface area contributed by atoms with Gasteiger partial charge in [-0.05, 0) is 30.9 Å². The van der Waals surface area contributed by atoms with Crippen LogP contribution in [0.15, 0.2) is 59.6 Å². The number of nitro benzene ring substituents is 1. The molecule has 0 saturated heterocycles. The number of non-ortho nitro benzene ring substituents is 1. The molecule has 2 aromatic rings. The molecule has 0 aromatic heterocycles. The minimum atomic E-state index is -0.382. The smallest absolute Gasteiger partial charge is 0.269 e. The van der Waals surface area contributed by atoms with Crippen LogP contribution in [0.2, 0.25) is 0 Å². The number of hydrogen-bond acceptors (Lipinski definition) is 3. The number of nitrogens with zero attached hydrogens (tertiary/aromatic N) is 2. The van der Waals surface area contributed by atoms with Gasteiger partial charge in [-0.1, -0.05) is 42.5 Å². The van der Waals surface area contributed by atoms with Gasteiger partial charge in [-0.2, -0.15) is 0 Å². The zero-order chi connectivity index (χ0) is 18.4. The summed E-state index contributed by atoms with van der Waals surface area (Å²) in [4.78, 5) is 15.1. The summed E-state index contributed by atoms with van der Waals surface area (Å²) >= 11 is 0. The van der Waals surface area contributed by atoms with Crippen LogP contribution < -0.4 is 10.6 Å². The van der Waals surface area contributed by atoms with E-state index >= 15 is 0 Å². The number of nitro groups is 1. The summed E-state index contributed by atoms with van der Waals surface area (Å²) in [7, 11) is 0. The Labute approximate surface area is 153 Å². The van der Waals surface area contributed by atoms with Crippen LogP contribution in [0.5, 0.6) is 0 Å². The van der Waals surface area contributed by atoms with Crippen molar-refractivity contribution >= 4 is 11.6 Å². The molecule has 0 unspecified atom stereocenters. The van der Waals surface area contributed by atoms with Gasteiger partial charge in [0, 0.05) is 30.6 Å². The lowest BCUT2D eigenvalue weighted by Crippen LogP contribution is -2.41. The molecule has 6 heteroatoms. The van der Waals surface area contributed by atoms with Gasteiger partial charge >= 0.3 is 0 Å². The molecule has 6 nitrogen and oxygen atoms in total. The molecule has 1 fully saturated rings. The molecule has 0 amide bonds. The van der Waals surface area contributed by atoms with Gasteiger partial charge in [-0.3, -0.25) is 10.1 Å². The van der Waals surface area contributed by atoms with Gasteiger partial charge in [0.1, 0.15) is 0 Å². The first kappa shape index (κ1) is 17.9. The van der Waals surface area contributed by atoms with Crippen molar-refractivity contribution in [3.05, 3.63) is 75.8 Å². The minimum Gasteiger partial charge on any atom is -0.357 e. The molecule has 0 bridgehead atoms. The fourth-order valence-corrected chi connectivity index (χ4v) is 3.04. The second-order valence-corrected chi connectivity index (χ2v) is 6.62. The summed E-state index contributed by atoms with van der Waals surface area (Å²) < 4.78 is 0. The van der Waals surface area contributed by atoms with Crippen LogP contribution in [0.3, 0.4) is 0 Å². The van der Waals surface area contributed by atoms with E-state index in [0.29, 0.717) is 6.54 Å². The van der Waals surface area contributed by atoms with Gasteiger partial charge in [-0.25, -0.2) is 4.99 Å². The van der Waals surface area contributed by atoms with E-state index in [1.807, 2.05) is 19.1 Å². The first-order valence-corrected chi connectivity index (χ1v) is 8.94. The number of hydrogen-bond donors (Lipinski definition) is 2. The Morgan fingerprint density at radius 2 is 1.92 bits per heavy atom. The SMILES string of the molecule is CCNC(=NCc1cccc([N+](=O)[O-])c1)NCC1(c2ccccc2)CC1. The lowest BCUT2D eigenvalue weighted by molar-refractivity contribution is -0.384. The van der Waals surface area contributed by atoms with Crippen LogP contribution in [0.4, 0.5) is 5.69 Å². The number of aliphatic imine (C=N–C) groups is 1. The predicted octanol–water partition coefficient (Wildman–Crippen LogP) is 3.38. The van der Waals surface area contributed by atoms with E-state index in [9.17, 15) is 10.1 Å². The van der Waals surface area contributed by atoms with Crippen LogP contribution in [0, 0.1) is 10.1 Å². The number of guanidine groups is 1. The summed E-state index contributed by atoms with van der Waals surface area (Å²) in [6.45, 7) is 4.01. The Bertz CT molecular complexity index is 785. The fourth-order valence-electron chi connectivity index (χ4n) is 3.04. The van der Waals surface area contributed by atoms with Crippen LogP contribution in [0.1, 0.15) is 30.9 Å². The molecule has 1 aliphatic carbocycles. The second kappa shape index (κ2) is 7.99. The van der Waals surface area contributed by atoms with Crippen LogP contribution in [-0.4, -0.2) is 24.0 Å². The Morgan fingerprint density at radius 3 is 2.58 bits per heavy atom. The molecule has 3 rings (SSSR count). The van der Waals surface area contributed by atoms with Gasteiger partial charge in [0.05, 0.1) is 11.5 Å². The maximum atomic E-state index is 10.9. The maximum absolute atomic E-state index is 10.9. The molecule has 0 radical (unpaired) electrons. The first-order valence-electron chi connectivity index (χ1n) is 8.94. The van der Waals surface area contributed by atoms with Crippen LogP contribution in [0.25, 0.3) is 0 Å². The lowest BCUT2D eigenvalue weighted by atomic mass is 9.96. The fraction of sp³-hybridized carbons (Fsp3) is 0.350. The minimum absolute atomic E-state index is 0.0941. The second-order valence-electron chi connectivity index (χ2n) is 6.62. The van der Waals surface area contributed by atoms with Crippen molar-refractivity contribution in [3.63, 3.8) is 0 Å². The lowest BCUT2D eigenvalue weighted by Gasteiger charge is -2.19. The summed E-state index contributed by atoms with van der Waals surface area (Å²) in [6.07, 6.45) is 2.35. The molecule has 2 aromatic carbocycles. The molecule has 26 heavy (non-hydrogen) atoms. The monoisotopic (exact) mass is 352 g/mol. The Hall–Kier alpha value is -2.89. The standard InChI is InChI=1S/C20H24N4O2/c1-2-21-19(22-14-16-7-6-10-18(13-16)24(25)26)23-15-20(11-12-20)17-8-4-3-5-9-17/h3-10,13H,2,11-12,14-15H2,1H3,(H2,21,22,23). The predicted molar refractivity (Wildman–Crippen MR) is 103 cm³/mol. The van der Waals surface area contributed by atoms with Crippen molar-refractivity contribution in [1.82, 2.24) is 10.6 Å². The number of benzene rings is 2. The summed E-state index contributed by atoms with van der Waals surface area (Å²) in [6, 6.07) is 17.2. The van der Waals surface area contributed by atoms with Crippen molar-refractivity contribution < 1.29 is 4.92 Å². The van der Waals surface area contributed by atoms with E-state index in [4.69, 9.17) is 0 Å². The normalized spacial score (nSPS) is 15.3. The maximum Gasteiger partial charge on any atom is 0.269 e. The highest BCUT2D eigenvalue weighted by Crippen LogP contribution is 2.47. The number of rotatable bonds is 7. The molecule has 1 aliphatic rings. The quantitative estimate of drug-likeness (QED) is 0.346. The third-order valence-electron chi connectivity index (χ3n) is 4.72. The van der Waals surface area contributed by atoms with Crippen molar-refractivity contribution in [1.29, 1.82) is 0 Å². The van der Waals surface area contributed by atoms with E-state index in [0.717, 1.165) is 24.6 Å². The van der Waals surface area contributed by atoms with Crippen molar-refractivity contribution in [2.75, 3.05) is 13.1 Å². The largest absolute Gasteiger partial charge is 0.357 e. The summed E-state index contributed by atoms with van der Waals surface area (Å²) in [5.41, 5.74) is 2.47. The molecule has 2 N–H and O–H groups in total. The van der Waals surface area contributed by atoms with Gasteiger partial charge in [0.15, 0.2) is 5.96 Å². The first-order chi connectivity index (χ1) is 12.6. The highest BCUT2D eigenvalue weighted by Gasteiger charge is 2.43. The van der Waals surface area contributed by atoms with Crippen molar-refractivity contribution in [2.24, 2.45) is 4.99 Å². The Kier molecular flexibility index (Phi) is 5.51. The molecular weight excluding hydrogens is 328 g/mol. The van der Waals surface area contributed by atoms with E-state index in [-0.39, 0.29) is 16.0 Å². The molecule has 0 heterocycles. The van der Waals surface area contributed by atoms with Gasteiger partial charge in [0.25, 0.3) is 5.69 Å². The van der Waals surface area contributed by atoms with Crippen molar-refractivity contribution in [2.45, 2.75) is 31.7 Å². The summed E-state index contributed by atoms with van der Waals surface area (Å²) in [5, 5.41) is 17.6. The highest BCUT2D eigenvalue weighted by atomic mass is 16.6. The van der Waals surface area contributed by atoms with E-state index < -0.39 is 0 Å². The van der Waals surface area contributed by atoms with Gasteiger partial charge in [0.2, 0.25) is 0 Å². The number of nitrogens with one attached hydrogen (secondary N) is 2. The zero-order valence-corrected chi connectivity index (χ0v) is 14.9. The Morgan fingerprint density at radius 1 is 1.15 bits per heavy atom. The third-order valence-corrected chi connectivity index (χ3v) is 4.72. The third kappa shape index (κ3) is 4.39. The Balaban J connectivity index is 1.65. The van der Waals surface area contributed by atoms with E-state index in [1.54, 1.807) is 12.1 Å². The van der Waals surface area contributed by atoms with Gasteiger partial charge in [-0.15, -0.1) is 0 Å². The molecule has 1 saturated carbocycles. The van der Waals surface area contributed by atoms with Crippen molar-refractivity contribution in [3.8, 4) is 0 Å².